The SMILES string of the molecule is C=CCNC(=NC)NCCCCN1C(=O)c2ccccc2C1=O. The first kappa shape index (κ1) is 16.7. The fraction of sp³-hybridized carbons (Fsp3) is 0.353. The molecule has 6 heteroatoms. The molecule has 0 saturated carbocycles. The fourth-order valence-corrected chi connectivity index (χ4v) is 2.43. The normalized spacial score (nSPS) is 14.0. The molecule has 0 bridgehead atoms. The number of carbonyl (C=O) groups excluding carboxylic acids is 2. The number of hydrogen-bond acceptors (Lipinski definition) is 3. The first-order chi connectivity index (χ1) is 11.2. The molecule has 0 unspecified atom stereocenters. The molecule has 0 fully saturated rings. The highest BCUT2D eigenvalue weighted by Gasteiger charge is 2.34. The van der Waals surface area contributed by atoms with Gasteiger partial charge in [0.1, 0.15) is 0 Å². The molecule has 1 aliphatic heterocycles. The summed E-state index contributed by atoms with van der Waals surface area (Å²) in [6.07, 6.45) is 3.34. The number of unbranched alkanes of at least 4 members (excludes halogenated alkanes) is 1. The van der Waals surface area contributed by atoms with Gasteiger partial charge in [-0.1, -0.05) is 18.2 Å². The molecule has 0 saturated heterocycles. The summed E-state index contributed by atoms with van der Waals surface area (Å²) < 4.78 is 0. The fourth-order valence-electron chi connectivity index (χ4n) is 2.43. The zero-order valence-corrected chi connectivity index (χ0v) is 13.3. The summed E-state index contributed by atoms with van der Waals surface area (Å²) in [5.74, 6) is 0.328. The highest BCUT2D eigenvalue weighted by atomic mass is 16.2. The minimum absolute atomic E-state index is 0.193. The second kappa shape index (κ2) is 8.12. The Hall–Kier alpha value is -2.63. The molecule has 2 N–H and O–H groups in total. The van der Waals surface area contributed by atoms with Crippen molar-refractivity contribution in [2.24, 2.45) is 4.99 Å². The molecule has 2 amide bonds. The third-order valence-electron chi connectivity index (χ3n) is 3.62. The molecule has 0 radical (unpaired) electrons. The second-order valence-electron chi connectivity index (χ2n) is 5.18. The lowest BCUT2D eigenvalue weighted by Gasteiger charge is -2.14. The smallest absolute Gasteiger partial charge is 0.261 e. The van der Waals surface area contributed by atoms with Crippen LogP contribution in [0.5, 0.6) is 0 Å². The van der Waals surface area contributed by atoms with Gasteiger partial charge in [-0.3, -0.25) is 19.5 Å². The van der Waals surface area contributed by atoms with E-state index in [0.29, 0.717) is 30.2 Å². The number of amides is 2. The Kier molecular flexibility index (Phi) is 5.91. The van der Waals surface area contributed by atoms with Crippen LogP contribution in [0.3, 0.4) is 0 Å². The summed E-state index contributed by atoms with van der Waals surface area (Å²) in [6, 6.07) is 6.96. The summed E-state index contributed by atoms with van der Waals surface area (Å²) >= 11 is 0. The number of hydrogen-bond donors (Lipinski definition) is 2. The molecule has 1 aromatic rings. The average Bonchev–Trinajstić information content (AvgIpc) is 2.82. The van der Waals surface area contributed by atoms with Gasteiger partial charge >= 0.3 is 0 Å². The van der Waals surface area contributed by atoms with E-state index in [9.17, 15) is 9.59 Å². The monoisotopic (exact) mass is 314 g/mol. The lowest BCUT2D eigenvalue weighted by Crippen LogP contribution is -2.38. The Morgan fingerprint density at radius 2 is 1.83 bits per heavy atom. The van der Waals surface area contributed by atoms with Crippen LogP contribution in [0.4, 0.5) is 0 Å². The maximum atomic E-state index is 12.2. The van der Waals surface area contributed by atoms with Crippen LogP contribution in [0, 0.1) is 0 Å². The van der Waals surface area contributed by atoms with Gasteiger partial charge in [-0.25, -0.2) is 0 Å². The molecule has 0 spiro atoms. The van der Waals surface area contributed by atoms with E-state index in [1.54, 1.807) is 37.4 Å². The molecule has 1 aromatic carbocycles. The van der Waals surface area contributed by atoms with E-state index in [1.165, 1.54) is 4.90 Å². The topological polar surface area (TPSA) is 73.8 Å². The molecule has 0 aliphatic carbocycles. The molecule has 1 aliphatic rings. The Bertz CT molecular complexity index is 590. The standard InChI is InChI=1S/C17H22N4O2/c1-3-10-19-17(18-2)20-11-6-7-12-21-15(22)13-8-4-5-9-14(13)16(21)23/h3-5,8-9H,1,6-7,10-12H2,2H3,(H2,18,19,20). The maximum absolute atomic E-state index is 12.2. The van der Waals surface area contributed by atoms with E-state index in [-0.39, 0.29) is 11.8 Å². The van der Waals surface area contributed by atoms with Crippen molar-refractivity contribution in [3.05, 3.63) is 48.0 Å². The lowest BCUT2D eigenvalue weighted by atomic mass is 10.1. The molecule has 6 nitrogen and oxygen atoms in total. The largest absolute Gasteiger partial charge is 0.356 e. The number of nitrogens with one attached hydrogen (secondary N) is 2. The van der Waals surface area contributed by atoms with Gasteiger partial charge in [0.25, 0.3) is 11.8 Å². The first-order valence-corrected chi connectivity index (χ1v) is 7.69. The van der Waals surface area contributed by atoms with Crippen LogP contribution in [-0.4, -0.2) is 49.4 Å². The van der Waals surface area contributed by atoms with Crippen molar-refractivity contribution in [1.82, 2.24) is 15.5 Å². The first-order valence-electron chi connectivity index (χ1n) is 7.69. The van der Waals surface area contributed by atoms with E-state index < -0.39 is 0 Å². The van der Waals surface area contributed by atoms with E-state index in [4.69, 9.17) is 0 Å². The summed E-state index contributed by atoms with van der Waals surface area (Å²) in [5, 5.41) is 6.25. The third kappa shape index (κ3) is 3.97. The predicted molar refractivity (Wildman–Crippen MR) is 90.6 cm³/mol. The van der Waals surface area contributed by atoms with Gasteiger partial charge in [0.15, 0.2) is 5.96 Å². The predicted octanol–water partition coefficient (Wildman–Crippen LogP) is 1.41. The highest BCUT2D eigenvalue weighted by Crippen LogP contribution is 2.22. The van der Waals surface area contributed by atoms with Crippen LogP contribution in [0.15, 0.2) is 41.9 Å². The van der Waals surface area contributed by atoms with Crippen LogP contribution in [0.25, 0.3) is 0 Å². The number of fused-ring (bicyclic) bond motifs is 1. The average molecular weight is 314 g/mol. The van der Waals surface area contributed by atoms with E-state index in [2.05, 4.69) is 22.2 Å². The number of carbonyl (C=O) groups is 2. The maximum Gasteiger partial charge on any atom is 0.261 e. The van der Waals surface area contributed by atoms with E-state index in [1.807, 2.05) is 0 Å². The Balaban J connectivity index is 1.75. The van der Waals surface area contributed by atoms with Crippen molar-refractivity contribution in [2.75, 3.05) is 26.7 Å². The van der Waals surface area contributed by atoms with E-state index in [0.717, 1.165) is 19.4 Å². The number of nitrogens with zero attached hydrogens (tertiary/aromatic N) is 2. The lowest BCUT2D eigenvalue weighted by molar-refractivity contribution is 0.0652. The molecule has 0 aromatic heterocycles. The Morgan fingerprint density at radius 1 is 1.17 bits per heavy atom. The van der Waals surface area contributed by atoms with E-state index >= 15 is 0 Å². The van der Waals surface area contributed by atoms with Gasteiger partial charge in [-0.15, -0.1) is 6.58 Å². The van der Waals surface area contributed by atoms with Crippen molar-refractivity contribution in [3.8, 4) is 0 Å². The number of guanidine groups is 1. The molecule has 23 heavy (non-hydrogen) atoms. The Labute approximate surface area is 136 Å². The number of benzene rings is 1. The van der Waals surface area contributed by atoms with Crippen molar-refractivity contribution >= 4 is 17.8 Å². The molecule has 0 atom stereocenters. The zero-order chi connectivity index (χ0) is 16.7. The zero-order valence-electron chi connectivity index (χ0n) is 13.3. The minimum atomic E-state index is -0.193. The Morgan fingerprint density at radius 3 is 2.39 bits per heavy atom. The quantitative estimate of drug-likeness (QED) is 0.262. The van der Waals surface area contributed by atoms with Crippen molar-refractivity contribution in [2.45, 2.75) is 12.8 Å². The number of aliphatic imine (C=N–C) groups is 1. The van der Waals surface area contributed by atoms with Gasteiger partial charge in [0, 0.05) is 26.7 Å². The van der Waals surface area contributed by atoms with Crippen LogP contribution >= 0.6 is 0 Å². The van der Waals surface area contributed by atoms with Gasteiger partial charge < -0.3 is 10.6 Å². The number of rotatable bonds is 7. The molecular formula is C17H22N4O2. The second-order valence-corrected chi connectivity index (χ2v) is 5.18. The summed E-state index contributed by atoms with van der Waals surface area (Å²) in [5.41, 5.74) is 1.01. The minimum Gasteiger partial charge on any atom is -0.356 e. The summed E-state index contributed by atoms with van der Waals surface area (Å²) in [4.78, 5) is 29.8. The van der Waals surface area contributed by atoms with Crippen molar-refractivity contribution in [1.29, 1.82) is 0 Å². The van der Waals surface area contributed by atoms with Gasteiger partial charge in [0.2, 0.25) is 0 Å². The van der Waals surface area contributed by atoms with Crippen LogP contribution in [0.1, 0.15) is 33.6 Å². The van der Waals surface area contributed by atoms with Crippen LogP contribution in [0.2, 0.25) is 0 Å². The van der Waals surface area contributed by atoms with Gasteiger partial charge in [0.05, 0.1) is 11.1 Å². The molecule has 1 heterocycles. The highest BCUT2D eigenvalue weighted by molar-refractivity contribution is 6.21. The molecule has 2 rings (SSSR count). The van der Waals surface area contributed by atoms with Crippen LogP contribution < -0.4 is 10.6 Å². The van der Waals surface area contributed by atoms with Gasteiger partial charge in [-0.05, 0) is 25.0 Å². The number of imide groups is 1. The molecule has 122 valence electrons. The summed E-state index contributed by atoms with van der Waals surface area (Å²) in [7, 11) is 1.71. The van der Waals surface area contributed by atoms with Crippen molar-refractivity contribution in [3.63, 3.8) is 0 Å². The summed E-state index contributed by atoms with van der Waals surface area (Å²) in [6.45, 7) is 5.44. The van der Waals surface area contributed by atoms with Crippen LogP contribution in [-0.2, 0) is 0 Å². The third-order valence-corrected chi connectivity index (χ3v) is 3.62. The van der Waals surface area contributed by atoms with Gasteiger partial charge in [-0.2, -0.15) is 0 Å². The van der Waals surface area contributed by atoms with Crippen molar-refractivity contribution < 1.29 is 9.59 Å². The molecular weight excluding hydrogens is 292 g/mol.